The Balaban J connectivity index is 1.57. The number of nitrogens with zero attached hydrogens (tertiary/aromatic N) is 1. The lowest BCUT2D eigenvalue weighted by molar-refractivity contribution is -0.130. The van der Waals surface area contributed by atoms with Gasteiger partial charge in [-0.1, -0.05) is 29.8 Å². The van der Waals surface area contributed by atoms with E-state index >= 15 is 0 Å². The van der Waals surface area contributed by atoms with Crippen molar-refractivity contribution in [1.82, 2.24) is 4.90 Å². The lowest BCUT2D eigenvalue weighted by atomic mass is 10.0. The van der Waals surface area contributed by atoms with Gasteiger partial charge in [0.1, 0.15) is 13.2 Å². The highest BCUT2D eigenvalue weighted by Crippen LogP contribution is 2.31. The van der Waals surface area contributed by atoms with Crippen molar-refractivity contribution in [3.8, 4) is 11.5 Å². The fourth-order valence-electron chi connectivity index (χ4n) is 3.11. The van der Waals surface area contributed by atoms with Gasteiger partial charge in [0.05, 0.1) is 0 Å². The van der Waals surface area contributed by atoms with Crippen LogP contribution in [-0.2, 0) is 17.8 Å². The van der Waals surface area contributed by atoms with Crippen molar-refractivity contribution >= 4 is 5.91 Å². The van der Waals surface area contributed by atoms with Crippen molar-refractivity contribution in [3.05, 3.63) is 58.7 Å². The molecule has 25 heavy (non-hydrogen) atoms. The monoisotopic (exact) mass is 339 g/mol. The van der Waals surface area contributed by atoms with Crippen molar-refractivity contribution in [2.45, 2.75) is 33.2 Å². The van der Waals surface area contributed by atoms with E-state index in [2.05, 4.69) is 32.0 Å². The molecule has 0 atom stereocenters. The summed E-state index contributed by atoms with van der Waals surface area (Å²) in [6.07, 6.45) is 1.29. The lowest BCUT2D eigenvalue weighted by Crippen LogP contribution is -2.26. The minimum absolute atomic E-state index is 0.148. The van der Waals surface area contributed by atoms with Crippen molar-refractivity contribution < 1.29 is 14.3 Å². The highest BCUT2D eigenvalue weighted by Gasteiger charge is 2.14. The van der Waals surface area contributed by atoms with Crippen LogP contribution in [0.1, 0.15) is 28.7 Å². The standard InChI is InChI=1S/C21H25NO3/c1-15-4-6-18(16(2)12-15)7-9-21(23)22(3)14-17-5-8-19-20(13-17)25-11-10-24-19/h4-6,8,12-13H,7,9-11,14H2,1-3H3. The Kier molecular flexibility index (Phi) is 5.27. The normalized spacial score (nSPS) is 12.8. The predicted octanol–water partition coefficient (Wildman–Crippen LogP) is 3.67. The highest BCUT2D eigenvalue weighted by molar-refractivity contribution is 5.76. The van der Waals surface area contributed by atoms with E-state index in [1.807, 2.05) is 25.2 Å². The van der Waals surface area contributed by atoms with E-state index < -0.39 is 0 Å². The predicted molar refractivity (Wildman–Crippen MR) is 98.1 cm³/mol. The van der Waals surface area contributed by atoms with Crippen molar-refractivity contribution in [2.24, 2.45) is 0 Å². The lowest BCUT2D eigenvalue weighted by Gasteiger charge is -2.21. The maximum Gasteiger partial charge on any atom is 0.222 e. The van der Waals surface area contributed by atoms with Gasteiger partial charge in [-0.25, -0.2) is 0 Å². The third kappa shape index (κ3) is 4.32. The summed E-state index contributed by atoms with van der Waals surface area (Å²) in [6, 6.07) is 12.3. The summed E-state index contributed by atoms with van der Waals surface area (Å²) in [7, 11) is 1.85. The molecule has 0 N–H and O–H groups in total. The Morgan fingerprint density at radius 1 is 1.04 bits per heavy atom. The molecule has 132 valence electrons. The fourth-order valence-corrected chi connectivity index (χ4v) is 3.11. The molecule has 4 heteroatoms. The van der Waals surface area contributed by atoms with Crippen LogP contribution >= 0.6 is 0 Å². The molecule has 1 heterocycles. The second-order valence-corrected chi connectivity index (χ2v) is 6.66. The van der Waals surface area contributed by atoms with E-state index in [9.17, 15) is 4.79 Å². The smallest absolute Gasteiger partial charge is 0.222 e. The van der Waals surface area contributed by atoms with Gasteiger partial charge < -0.3 is 14.4 Å². The Labute approximate surface area is 149 Å². The molecule has 1 amide bonds. The minimum Gasteiger partial charge on any atom is -0.486 e. The number of hydrogen-bond acceptors (Lipinski definition) is 3. The summed E-state index contributed by atoms with van der Waals surface area (Å²) in [4.78, 5) is 14.2. The summed E-state index contributed by atoms with van der Waals surface area (Å²) in [5.41, 5.74) is 4.80. The van der Waals surface area contributed by atoms with Crippen LogP contribution in [0.25, 0.3) is 0 Å². The average Bonchev–Trinajstić information content (AvgIpc) is 2.60. The van der Waals surface area contributed by atoms with Gasteiger partial charge in [0.2, 0.25) is 5.91 Å². The average molecular weight is 339 g/mol. The number of fused-ring (bicyclic) bond motifs is 1. The largest absolute Gasteiger partial charge is 0.486 e. The second kappa shape index (κ2) is 7.60. The van der Waals surface area contributed by atoms with Gasteiger partial charge in [-0.15, -0.1) is 0 Å². The van der Waals surface area contributed by atoms with E-state index in [0.29, 0.717) is 26.2 Å². The molecule has 2 aromatic carbocycles. The topological polar surface area (TPSA) is 38.8 Å². The van der Waals surface area contributed by atoms with Crippen LogP contribution in [0.3, 0.4) is 0 Å². The maximum absolute atomic E-state index is 12.5. The quantitative estimate of drug-likeness (QED) is 0.834. The third-order valence-corrected chi connectivity index (χ3v) is 4.56. The maximum atomic E-state index is 12.5. The Hall–Kier alpha value is -2.49. The van der Waals surface area contributed by atoms with E-state index in [-0.39, 0.29) is 5.91 Å². The molecule has 0 radical (unpaired) electrons. The SMILES string of the molecule is Cc1ccc(CCC(=O)N(C)Cc2ccc3c(c2)OCCO3)c(C)c1. The van der Waals surface area contributed by atoms with Crippen LogP contribution in [0.4, 0.5) is 0 Å². The molecule has 0 fully saturated rings. The minimum atomic E-state index is 0.148. The third-order valence-electron chi connectivity index (χ3n) is 4.56. The molecule has 1 aliphatic rings. The van der Waals surface area contributed by atoms with E-state index in [0.717, 1.165) is 23.5 Å². The number of carbonyl (C=O) groups is 1. The molecular weight excluding hydrogens is 314 g/mol. The zero-order valence-corrected chi connectivity index (χ0v) is 15.2. The van der Waals surface area contributed by atoms with Crippen LogP contribution in [0, 0.1) is 13.8 Å². The van der Waals surface area contributed by atoms with Crippen LogP contribution in [-0.4, -0.2) is 31.1 Å². The van der Waals surface area contributed by atoms with E-state index in [1.54, 1.807) is 4.90 Å². The molecule has 3 rings (SSSR count). The summed E-state index contributed by atoms with van der Waals surface area (Å²) in [5, 5.41) is 0. The Bertz CT molecular complexity index is 770. The van der Waals surface area contributed by atoms with E-state index in [1.165, 1.54) is 16.7 Å². The molecule has 0 bridgehead atoms. The number of aryl methyl sites for hydroxylation is 3. The van der Waals surface area contributed by atoms with Crippen molar-refractivity contribution in [2.75, 3.05) is 20.3 Å². The number of carbonyl (C=O) groups excluding carboxylic acids is 1. The second-order valence-electron chi connectivity index (χ2n) is 6.66. The fraction of sp³-hybridized carbons (Fsp3) is 0.381. The van der Waals surface area contributed by atoms with E-state index in [4.69, 9.17) is 9.47 Å². The highest BCUT2D eigenvalue weighted by atomic mass is 16.6. The number of benzene rings is 2. The van der Waals surface area contributed by atoms with Crippen molar-refractivity contribution in [3.63, 3.8) is 0 Å². The summed E-state index contributed by atoms with van der Waals surface area (Å²) >= 11 is 0. The van der Waals surface area contributed by atoms with Crippen LogP contribution in [0.2, 0.25) is 0 Å². The first-order valence-corrected chi connectivity index (χ1v) is 8.71. The van der Waals surface area contributed by atoms with Crippen LogP contribution in [0.15, 0.2) is 36.4 Å². The van der Waals surface area contributed by atoms with Gasteiger partial charge in [-0.3, -0.25) is 4.79 Å². The number of rotatable bonds is 5. The van der Waals surface area contributed by atoms with Gasteiger partial charge in [-0.2, -0.15) is 0 Å². The molecule has 0 unspecified atom stereocenters. The summed E-state index contributed by atoms with van der Waals surface area (Å²) in [5.74, 6) is 1.69. The number of hydrogen-bond donors (Lipinski definition) is 0. The molecule has 2 aromatic rings. The first-order valence-electron chi connectivity index (χ1n) is 8.71. The molecule has 0 saturated heterocycles. The van der Waals surface area contributed by atoms with Gasteiger partial charge in [0.25, 0.3) is 0 Å². The molecule has 4 nitrogen and oxygen atoms in total. The molecule has 0 aliphatic carbocycles. The first-order chi connectivity index (χ1) is 12.0. The zero-order valence-electron chi connectivity index (χ0n) is 15.2. The van der Waals surface area contributed by atoms with Crippen molar-refractivity contribution in [1.29, 1.82) is 0 Å². The molecule has 1 aliphatic heterocycles. The number of ether oxygens (including phenoxy) is 2. The van der Waals surface area contributed by atoms with Gasteiger partial charge in [-0.05, 0) is 49.1 Å². The summed E-state index contributed by atoms with van der Waals surface area (Å²) < 4.78 is 11.1. The van der Waals surface area contributed by atoms with Crippen LogP contribution < -0.4 is 9.47 Å². The molecular formula is C21H25NO3. The van der Waals surface area contributed by atoms with Crippen LogP contribution in [0.5, 0.6) is 11.5 Å². The first kappa shape index (κ1) is 17.3. The Morgan fingerprint density at radius 3 is 2.56 bits per heavy atom. The summed E-state index contributed by atoms with van der Waals surface area (Å²) in [6.45, 7) is 5.92. The molecule has 0 saturated carbocycles. The van der Waals surface area contributed by atoms with Gasteiger partial charge in [0.15, 0.2) is 11.5 Å². The Morgan fingerprint density at radius 2 is 1.80 bits per heavy atom. The van der Waals surface area contributed by atoms with Gasteiger partial charge >= 0.3 is 0 Å². The molecule has 0 aromatic heterocycles. The molecule has 0 spiro atoms. The zero-order chi connectivity index (χ0) is 17.8. The van der Waals surface area contributed by atoms with Gasteiger partial charge in [0, 0.05) is 20.0 Å². The number of amides is 1.